The molecule has 2 atom stereocenters. The lowest BCUT2D eigenvalue weighted by molar-refractivity contribution is -0.142. The van der Waals surface area contributed by atoms with Gasteiger partial charge in [-0.2, -0.15) is 0 Å². The summed E-state index contributed by atoms with van der Waals surface area (Å²) >= 11 is 0. The first-order chi connectivity index (χ1) is 13.4. The van der Waals surface area contributed by atoms with Crippen molar-refractivity contribution in [2.75, 3.05) is 20.2 Å². The molecule has 1 fully saturated rings. The maximum absolute atomic E-state index is 12.8. The number of hydrogen-bond acceptors (Lipinski definition) is 3. The lowest BCUT2D eigenvalue weighted by atomic mass is 9.88. The van der Waals surface area contributed by atoms with Gasteiger partial charge in [-0.3, -0.25) is 9.59 Å². The highest BCUT2D eigenvalue weighted by atomic mass is 16.5. The van der Waals surface area contributed by atoms with E-state index in [9.17, 15) is 9.59 Å². The molecule has 6 nitrogen and oxygen atoms in total. The number of hydrogen-bond donors (Lipinski definition) is 2. The van der Waals surface area contributed by atoms with Crippen molar-refractivity contribution in [2.45, 2.75) is 46.1 Å². The molecule has 0 unspecified atom stereocenters. The summed E-state index contributed by atoms with van der Waals surface area (Å²) in [5.41, 5.74) is 2.22. The molecule has 2 heterocycles. The third-order valence-electron chi connectivity index (χ3n) is 5.63. The summed E-state index contributed by atoms with van der Waals surface area (Å²) in [5, 5.41) is 4.20. The Bertz CT molecular complexity index is 843. The monoisotopic (exact) mass is 385 g/mol. The highest BCUT2D eigenvalue weighted by Gasteiger charge is 2.36. The number of methoxy groups -OCH3 is 1. The van der Waals surface area contributed by atoms with Gasteiger partial charge >= 0.3 is 0 Å². The van der Waals surface area contributed by atoms with Crippen LogP contribution in [0.5, 0.6) is 5.75 Å². The molecule has 2 amide bonds. The van der Waals surface area contributed by atoms with Gasteiger partial charge in [0.2, 0.25) is 11.8 Å². The van der Waals surface area contributed by atoms with Crippen LogP contribution in [0.1, 0.15) is 39.2 Å². The predicted molar refractivity (Wildman–Crippen MR) is 110 cm³/mol. The fourth-order valence-corrected chi connectivity index (χ4v) is 4.06. The van der Waals surface area contributed by atoms with E-state index in [0.29, 0.717) is 31.8 Å². The Hall–Kier alpha value is -2.50. The second kappa shape index (κ2) is 8.67. The first kappa shape index (κ1) is 20.2. The minimum Gasteiger partial charge on any atom is -0.497 e. The van der Waals surface area contributed by atoms with Gasteiger partial charge in [-0.15, -0.1) is 0 Å². The van der Waals surface area contributed by atoms with E-state index in [2.05, 4.69) is 24.1 Å². The van der Waals surface area contributed by atoms with Gasteiger partial charge in [0.25, 0.3) is 0 Å². The third kappa shape index (κ3) is 4.32. The van der Waals surface area contributed by atoms with E-state index in [0.717, 1.165) is 28.6 Å². The molecule has 0 bridgehead atoms. The zero-order chi connectivity index (χ0) is 20.3. The molecule has 152 valence electrons. The Labute approximate surface area is 166 Å². The summed E-state index contributed by atoms with van der Waals surface area (Å²) < 4.78 is 5.31. The van der Waals surface area contributed by atoms with E-state index in [1.165, 1.54) is 0 Å². The number of fused-ring (bicyclic) bond motifs is 1. The van der Waals surface area contributed by atoms with Gasteiger partial charge < -0.3 is 19.9 Å². The van der Waals surface area contributed by atoms with Gasteiger partial charge in [0.05, 0.1) is 13.0 Å². The van der Waals surface area contributed by atoms with Gasteiger partial charge in [0.15, 0.2) is 0 Å². The molecule has 1 saturated heterocycles. The Morgan fingerprint density at radius 1 is 1.39 bits per heavy atom. The average molecular weight is 386 g/mol. The Morgan fingerprint density at radius 2 is 2.18 bits per heavy atom. The number of aromatic amines is 1. The first-order valence-electron chi connectivity index (χ1n) is 10.1. The average Bonchev–Trinajstić information content (AvgIpc) is 3.07. The van der Waals surface area contributed by atoms with Gasteiger partial charge in [-0.25, -0.2) is 0 Å². The van der Waals surface area contributed by atoms with Crippen molar-refractivity contribution in [1.29, 1.82) is 0 Å². The molecular weight excluding hydrogens is 354 g/mol. The van der Waals surface area contributed by atoms with E-state index < -0.39 is 0 Å². The van der Waals surface area contributed by atoms with E-state index in [-0.39, 0.29) is 23.8 Å². The first-order valence-corrected chi connectivity index (χ1v) is 10.1. The van der Waals surface area contributed by atoms with Crippen LogP contribution in [0.2, 0.25) is 0 Å². The van der Waals surface area contributed by atoms with Crippen LogP contribution in [0.25, 0.3) is 10.9 Å². The zero-order valence-corrected chi connectivity index (χ0v) is 17.2. The summed E-state index contributed by atoms with van der Waals surface area (Å²) in [5.74, 6) is 1.29. The molecule has 1 aliphatic heterocycles. The second-order valence-corrected chi connectivity index (χ2v) is 8.09. The molecule has 0 spiro atoms. The molecule has 0 radical (unpaired) electrons. The summed E-state index contributed by atoms with van der Waals surface area (Å²) in [7, 11) is 1.66. The van der Waals surface area contributed by atoms with Crippen LogP contribution in [0, 0.1) is 11.8 Å². The number of nitrogens with zero attached hydrogens (tertiary/aromatic N) is 1. The maximum atomic E-state index is 12.8. The SMILES string of the molecule is COc1ccc2[nH]cc(CCNC(=O)[C@@H]3CCC(=O)N(CC(C)C)[C@@H]3C)c2c1. The fourth-order valence-electron chi connectivity index (χ4n) is 4.06. The van der Waals surface area contributed by atoms with Crippen LogP contribution in [0.15, 0.2) is 24.4 Å². The molecule has 28 heavy (non-hydrogen) atoms. The van der Waals surface area contributed by atoms with Crippen molar-refractivity contribution in [1.82, 2.24) is 15.2 Å². The van der Waals surface area contributed by atoms with Crippen LogP contribution < -0.4 is 10.1 Å². The molecule has 2 N–H and O–H groups in total. The molecule has 0 saturated carbocycles. The van der Waals surface area contributed by atoms with Crippen LogP contribution in [0.3, 0.4) is 0 Å². The quantitative estimate of drug-likeness (QED) is 0.769. The number of piperidine rings is 1. The fraction of sp³-hybridized carbons (Fsp3) is 0.545. The predicted octanol–water partition coefficient (Wildman–Crippen LogP) is 3.12. The van der Waals surface area contributed by atoms with Crippen LogP contribution in [-0.4, -0.2) is 47.9 Å². The topological polar surface area (TPSA) is 74.4 Å². The highest BCUT2D eigenvalue weighted by Crippen LogP contribution is 2.26. The van der Waals surface area contributed by atoms with E-state index in [1.807, 2.05) is 36.2 Å². The van der Waals surface area contributed by atoms with Crippen molar-refractivity contribution in [3.05, 3.63) is 30.0 Å². The number of rotatable bonds is 7. The summed E-state index contributed by atoms with van der Waals surface area (Å²) in [6, 6.07) is 5.89. The van der Waals surface area contributed by atoms with Crippen molar-refractivity contribution >= 4 is 22.7 Å². The summed E-state index contributed by atoms with van der Waals surface area (Å²) in [6.45, 7) is 7.47. The smallest absolute Gasteiger partial charge is 0.225 e. The number of amides is 2. The minimum absolute atomic E-state index is 0.0474. The third-order valence-corrected chi connectivity index (χ3v) is 5.63. The summed E-state index contributed by atoms with van der Waals surface area (Å²) in [6.07, 6.45) is 3.82. The molecule has 3 rings (SSSR count). The van der Waals surface area contributed by atoms with E-state index in [4.69, 9.17) is 4.74 Å². The molecular formula is C22H31N3O3. The Morgan fingerprint density at radius 3 is 2.89 bits per heavy atom. The van der Waals surface area contributed by atoms with Crippen molar-refractivity contribution in [3.63, 3.8) is 0 Å². The number of nitrogens with one attached hydrogen (secondary N) is 2. The van der Waals surface area contributed by atoms with Crippen LogP contribution in [-0.2, 0) is 16.0 Å². The minimum atomic E-state index is -0.139. The van der Waals surface area contributed by atoms with Gasteiger partial charge in [-0.1, -0.05) is 13.8 Å². The van der Waals surface area contributed by atoms with Crippen molar-refractivity contribution in [2.24, 2.45) is 11.8 Å². The second-order valence-electron chi connectivity index (χ2n) is 8.09. The number of carbonyl (C=O) groups excluding carboxylic acids is 2. The Balaban J connectivity index is 1.59. The van der Waals surface area contributed by atoms with Crippen LogP contribution >= 0.6 is 0 Å². The lowest BCUT2D eigenvalue weighted by Crippen LogP contribution is -2.52. The number of H-pyrrole nitrogens is 1. The zero-order valence-electron chi connectivity index (χ0n) is 17.2. The summed E-state index contributed by atoms with van der Waals surface area (Å²) in [4.78, 5) is 30.1. The normalized spacial score (nSPS) is 20.0. The Kier molecular flexibility index (Phi) is 6.27. The van der Waals surface area contributed by atoms with Gasteiger partial charge in [0, 0.05) is 42.7 Å². The van der Waals surface area contributed by atoms with E-state index >= 15 is 0 Å². The molecule has 0 aliphatic carbocycles. The highest BCUT2D eigenvalue weighted by molar-refractivity contribution is 5.86. The van der Waals surface area contributed by atoms with Crippen molar-refractivity contribution < 1.29 is 14.3 Å². The molecule has 2 aromatic rings. The number of benzene rings is 1. The van der Waals surface area contributed by atoms with Crippen molar-refractivity contribution in [3.8, 4) is 5.75 Å². The van der Waals surface area contributed by atoms with Crippen LogP contribution in [0.4, 0.5) is 0 Å². The number of ether oxygens (including phenoxy) is 1. The van der Waals surface area contributed by atoms with E-state index in [1.54, 1.807) is 7.11 Å². The maximum Gasteiger partial charge on any atom is 0.225 e. The van der Waals surface area contributed by atoms with Gasteiger partial charge in [0.1, 0.15) is 5.75 Å². The molecule has 1 aliphatic rings. The number of carbonyl (C=O) groups is 2. The molecule has 6 heteroatoms. The molecule has 1 aromatic carbocycles. The standard InChI is InChI=1S/C22H31N3O3/c1-14(2)13-25-15(3)18(6-8-21(25)26)22(27)23-10-9-16-12-24-20-7-5-17(28-4)11-19(16)20/h5,7,11-12,14-15,18,24H,6,8-10,13H2,1-4H3,(H,23,27)/t15-,18-/m1/s1. The van der Waals surface area contributed by atoms with Gasteiger partial charge in [-0.05, 0) is 49.4 Å². The number of likely N-dealkylation sites (tertiary alicyclic amines) is 1. The largest absolute Gasteiger partial charge is 0.497 e. The number of aromatic nitrogens is 1. The molecule has 1 aromatic heterocycles. The lowest BCUT2D eigenvalue weighted by Gasteiger charge is -2.39.